The van der Waals surface area contributed by atoms with E-state index < -0.39 is 5.97 Å². The number of allylic oxidation sites excluding steroid dienone is 2. The first-order valence-electron chi connectivity index (χ1n) is 7.39. The standard InChI is InChI=1S/C16H30O2/c1-14(2)10-7-5-4-6-8-11-15(3)12-9-13-16(17)18/h12,14H,4-11,13H2,1-3H3,(H,17,18)/b15-12-. The summed E-state index contributed by atoms with van der Waals surface area (Å²) in [6.07, 6.45) is 12.1. The van der Waals surface area contributed by atoms with Gasteiger partial charge in [-0.2, -0.15) is 0 Å². The zero-order valence-corrected chi connectivity index (χ0v) is 12.4. The van der Waals surface area contributed by atoms with Crippen molar-refractivity contribution in [3.05, 3.63) is 11.6 Å². The van der Waals surface area contributed by atoms with Crippen LogP contribution < -0.4 is 0 Å². The lowest BCUT2D eigenvalue weighted by Crippen LogP contribution is -1.92. The Kier molecular flexibility index (Phi) is 10.8. The Labute approximate surface area is 112 Å². The molecule has 0 heterocycles. The molecular formula is C16H30O2. The van der Waals surface area contributed by atoms with Gasteiger partial charge in [-0.25, -0.2) is 0 Å². The zero-order valence-electron chi connectivity index (χ0n) is 12.4. The number of hydrogen-bond donors (Lipinski definition) is 1. The van der Waals surface area contributed by atoms with Crippen LogP contribution in [0.2, 0.25) is 0 Å². The average molecular weight is 254 g/mol. The molecule has 0 aliphatic heterocycles. The monoisotopic (exact) mass is 254 g/mol. The van der Waals surface area contributed by atoms with E-state index >= 15 is 0 Å². The predicted molar refractivity (Wildman–Crippen MR) is 77.8 cm³/mol. The first-order valence-corrected chi connectivity index (χ1v) is 7.39. The number of rotatable bonds is 11. The summed E-state index contributed by atoms with van der Waals surface area (Å²) in [7, 11) is 0. The van der Waals surface area contributed by atoms with E-state index in [4.69, 9.17) is 5.11 Å². The fourth-order valence-corrected chi connectivity index (χ4v) is 2.03. The SMILES string of the molecule is C/C(=C/CCC(=O)O)CCCCCCCC(C)C. The van der Waals surface area contributed by atoms with E-state index in [-0.39, 0.29) is 6.42 Å². The molecule has 106 valence electrons. The summed E-state index contributed by atoms with van der Waals surface area (Å²) >= 11 is 0. The van der Waals surface area contributed by atoms with Crippen LogP contribution in [0.3, 0.4) is 0 Å². The molecule has 0 saturated heterocycles. The maximum atomic E-state index is 10.4. The van der Waals surface area contributed by atoms with E-state index in [0.717, 1.165) is 12.3 Å². The van der Waals surface area contributed by atoms with Gasteiger partial charge in [-0.3, -0.25) is 4.79 Å². The summed E-state index contributed by atoms with van der Waals surface area (Å²) in [5.74, 6) is 0.133. The van der Waals surface area contributed by atoms with Gasteiger partial charge in [0.2, 0.25) is 0 Å². The van der Waals surface area contributed by atoms with Crippen LogP contribution in [-0.2, 0) is 4.79 Å². The van der Waals surface area contributed by atoms with Gasteiger partial charge in [0, 0.05) is 6.42 Å². The third-order valence-electron chi connectivity index (χ3n) is 3.20. The summed E-state index contributed by atoms with van der Waals surface area (Å²) in [4.78, 5) is 10.4. The van der Waals surface area contributed by atoms with Crippen molar-refractivity contribution in [3.63, 3.8) is 0 Å². The molecule has 0 unspecified atom stereocenters. The minimum atomic E-state index is -0.704. The average Bonchev–Trinajstić information content (AvgIpc) is 2.26. The lowest BCUT2D eigenvalue weighted by Gasteiger charge is -2.04. The Morgan fingerprint density at radius 2 is 1.67 bits per heavy atom. The van der Waals surface area contributed by atoms with E-state index in [0.29, 0.717) is 6.42 Å². The Morgan fingerprint density at radius 3 is 2.28 bits per heavy atom. The molecule has 0 bridgehead atoms. The molecule has 1 N–H and O–H groups in total. The van der Waals surface area contributed by atoms with Crippen molar-refractivity contribution >= 4 is 5.97 Å². The van der Waals surface area contributed by atoms with Crippen molar-refractivity contribution in [3.8, 4) is 0 Å². The molecule has 0 fully saturated rings. The van der Waals surface area contributed by atoms with Gasteiger partial charge in [0.15, 0.2) is 0 Å². The van der Waals surface area contributed by atoms with Gasteiger partial charge in [-0.15, -0.1) is 0 Å². The van der Waals surface area contributed by atoms with E-state index in [1.165, 1.54) is 44.1 Å². The largest absolute Gasteiger partial charge is 0.481 e. The summed E-state index contributed by atoms with van der Waals surface area (Å²) in [6, 6.07) is 0. The van der Waals surface area contributed by atoms with Crippen molar-refractivity contribution < 1.29 is 9.90 Å². The van der Waals surface area contributed by atoms with Gasteiger partial charge in [-0.1, -0.05) is 57.6 Å². The van der Waals surface area contributed by atoms with Crippen LogP contribution >= 0.6 is 0 Å². The highest BCUT2D eigenvalue weighted by molar-refractivity contribution is 5.66. The van der Waals surface area contributed by atoms with Gasteiger partial charge < -0.3 is 5.11 Å². The number of carboxylic acid groups (broad SMARTS) is 1. The van der Waals surface area contributed by atoms with Gasteiger partial charge in [0.05, 0.1) is 0 Å². The van der Waals surface area contributed by atoms with Crippen molar-refractivity contribution in [1.82, 2.24) is 0 Å². The van der Waals surface area contributed by atoms with Gasteiger partial charge in [-0.05, 0) is 32.1 Å². The van der Waals surface area contributed by atoms with E-state index in [9.17, 15) is 4.79 Å². The maximum Gasteiger partial charge on any atom is 0.303 e. The molecule has 0 amide bonds. The zero-order chi connectivity index (χ0) is 13.8. The normalized spacial score (nSPS) is 12.1. The molecule has 0 aromatic heterocycles. The first kappa shape index (κ1) is 17.2. The summed E-state index contributed by atoms with van der Waals surface area (Å²) in [6.45, 7) is 6.68. The second-order valence-corrected chi connectivity index (χ2v) is 5.68. The molecule has 0 aromatic carbocycles. The van der Waals surface area contributed by atoms with Crippen LogP contribution in [-0.4, -0.2) is 11.1 Å². The number of aliphatic carboxylic acids is 1. The third kappa shape index (κ3) is 13.3. The topological polar surface area (TPSA) is 37.3 Å². The van der Waals surface area contributed by atoms with Gasteiger partial charge in [0.1, 0.15) is 0 Å². The summed E-state index contributed by atoms with van der Waals surface area (Å²) in [5, 5.41) is 8.53. The molecule has 0 spiro atoms. The molecule has 0 rings (SSSR count). The van der Waals surface area contributed by atoms with E-state index in [1.54, 1.807) is 0 Å². The minimum absolute atomic E-state index is 0.256. The van der Waals surface area contributed by atoms with Crippen molar-refractivity contribution in [2.45, 2.75) is 78.6 Å². The Bertz CT molecular complexity index is 241. The van der Waals surface area contributed by atoms with Crippen molar-refractivity contribution in [1.29, 1.82) is 0 Å². The highest BCUT2D eigenvalue weighted by Gasteiger charge is 1.97. The highest BCUT2D eigenvalue weighted by Crippen LogP contribution is 2.14. The van der Waals surface area contributed by atoms with Crippen LogP contribution in [0.5, 0.6) is 0 Å². The number of carboxylic acids is 1. The third-order valence-corrected chi connectivity index (χ3v) is 3.20. The molecule has 0 aliphatic rings. The van der Waals surface area contributed by atoms with E-state index in [1.807, 2.05) is 0 Å². The molecule has 0 aliphatic carbocycles. The van der Waals surface area contributed by atoms with Crippen LogP contribution in [0.1, 0.15) is 78.6 Å². The second-order valence-electron chi connectivity index (χ2n) is 5.68. The van der Waals surface area contributed by atoms with E-state index in [2.05, 4.69) is 26.8 Å². The number of unbranched alkanes of at least 4 members (excludes halogenated alkanes) is 4. The highest BCUT2D eigenvalue weighted by atomic mass is 16.4. The predicted octanol–water partition coefficient (Wildman–Crippen LogP) is 5.18. The van der Waals surface area contributed by atoms with Crippen molar-refractivity contribution in [2.24, 2.45) is 5.92 Å². The Morgan fingerprint density at radius 1 is 1.06 bits per heavy atom. The Hall–Kier alpha value is -0.790. The summed E-state index contributed by atoms with van der Waals surface area (Å²) < 4.78 is 0. The van der Waals surface area contributed by atoms with Crippen LogP contribution in [0, 0.1) is 5.92 Å². The van der Waals surface area contributed by atoms with Crippen LogP contribution in [0.4, 0.5) is 0 Å². The molecule has 0 atom stereocenters. The molecular weight excluding hydrogens is 224 g/mol. The second kappa shape index (κ2) is 11.3. The first-order chi connectivity index (χ1) is 8.52. The minimum Gasteiger partial charge on any atom is -0.481 e. The molecule has 0 saturated carbocycles. The molecule has 18 heavy (non-hydrogen) atoms. The van der Waals surface area contributed by atoms with Gasteiger partial charge >= 0.3 is 5.97 Å². The lowest BCUT2D eigenvalue weighted by atomic mass is 10.0. The quantitative estimate of drug-likeness (QED) is 0.407. The fraction of sp³-hybridized carbons (Fsp3) is 0.812. The Balaban J connectivity index is 3.34. The molecule has 2 nitrogen and oxygen atoms in total. The molecule has 0 aromatic rings. The number of hydrogen-bond acceptors (Lipinski definition) is 1. The fourth-order valence-electron chi connectivity index (χ4n) is 2.03. The van der Waals surface area contributed by atoms with Crippen LogP contribution in [0.25, 0.3) is 0 Å². The van der Waals surface area contributed by atoms with Crippen LogP contribution in [0.15, 0.2) is 11.6 Å². The smallest absolute Gasteiger partial charge is 0.303 e. The number of carbonyl (C=O) groups is 1. The van der Waals surface area contributed by atoms with Crippen molar-refractivity contribution in [2.75, 3.05) is 0 Å². The maximum absolute atomic E-state index is 10.4. The summed E-state index contributed by atoms with van der Waals surface area (Å²) in [5.41, 5.74) is 1.35. The molecule has 2 heteroatoms. The lowest BCUT2D eigenvalue weighted by molar-refractivity contribution is -0.136. The van der Waals surface area contributed by atoms with Gasteiger partial charge in [0.25, 0.3) is 0 Å². The molecule has 0 radical (unpaired) electrons.